The molecule has 41 heavy (non-hydrogen) atoms. The molecule has 0 bridgehead atoms. The predicted molar refractivity (Wildman–Crippen MR) is 165 cm³/mol. The van der Waals surface area contributed by atoms with Gasteiger partial charge in [0.05, 0.1) is 40.1 Å². The standard InChI is InChI=1S/C37H25N3O/c1-37(2)30-8-4-6-10-35(30)41-36-16-13-25(20-31(36)37)24-12-15-34-29(19-24)28-17-23(21-38)11-14-33(28)40(34)27-18-26-7-3-5-9-32(26)39-22-27/h3-20,22H,1-2H3. The molecule has 0 saturated heterocycles. The van der Waals surface area contributed by atoms with E-state index in [9.17, 15) is 5.26 Å². The van der Waals surface area contributed by atoms with Crippen LogP contribution in [0.25, 0.3) is 49.5 Å². The molecule has 0 saturated carbocycles. The molecule has 1 aliphatic rings. The lowest BCUT2D eigenvalue weighted by Crippen LogP contribution is -2.24. The van der Waals surface area contributed by atoms with Gasteiger partial charge in [-0.3, -0.25) is 4.98 Å². The number of fused-ring (bicyclic) bond motifs is 6. The summed E-state index contributed by atoms with van der Waals surface area (Å²) in [6.45, 7) is 4.52. The molecular formula is C37H25N3O. The van der Waals surface area contributed by atoms with Gasteiger partial charge in [0.25, 0.3) is 0 Å². The first kappa shape index (κ1) is 23.5. The van der Waals surface area contributed by atoms with E-state index in [1.807, 2.05) is 54.7 Å². The van der Waals surface area contributed by atoms with Crippen molar-refractivity contribution in [3.63, 3.8) is 0 Å². The molecule has 8 rings (SSSR count). The number of para-hydroxylation sites is 2. The topological polar surface area (TPSA) is 50.8 Å². The number of hydrogen-bond donors (Lipinski definition) is 0. The molecular weight excluding hydrogens is 502 g/mol. The van der Waals surface area contributed by atoms with E-state index < -0.39 is 0 Å². The summed E-state index contributed by atoms with van der Waals surface area (Å²) in [6.07, 6.45) is 1.93. The lowest BCUT2D eigenvalue weighted by Gasteiger charge is -2.34. The summed E-state index contributed by atoms with van der Waals surface area (Å²) >= 11 is 0. The fourth-order valence-electron chi connectivity index (χ4n) is 6.35. The third-order valence-corrected chi connectivity index (χ3v) is 8.49. The zero-order chi connectivity index (χ0) is 27.7. The Hall–Kier alpha value is -5.40. The van der Waals surface area contributed by atoms with Crippen molar-refractivity contribution in [3.05, 3.63) is 132 Å². The molecule has 194 valence electrons. The van der Waals surface area contributed by atoms with Crippen LogP contribution in [-0.4, -0.2) is 9.55 Å². The zero-order valence-electron chi connectivity index (χ0n) is 22.7. The van der Waals surface area contributed by atoms with Gasteiger partial charge in [-0.25, -0.2) is 0 Å². The zero-order valence-corrected chi connectivity index (χ0v) is 22.7. The van der Waals surface area contributed by atoms with E-state index in [1.54, 1.807) is 0 Å². The number of aromatic nitrogens is 2. The Kier molecular flexibility index (Phi) is 4.90. The average molecular weight is 528 g/mol. The minimum atomic E-state index is -0.189. The molecule has 0 amide bonds. The first-order chi connectivity index (χ1) is 20.0. The maximum absolute atomic E-state index is 9.70. The van der Waals surface area contributed by atoms with Crippen molar-refractivity contribution >= 4 is 32.7 Å². The van der Waals surface area contributed by atoms with Gasteiger partial charge in [0.2, 0.25) is 0 Å². The third-order valence-electron chi connectivity index (χ3n) is 8.49. The molecule has 4 heteroatoms. The van der Waals surface area contributed by atoms with Crippen molar-refractivity contribution in [2.45, 2.75) is 19.3 Å². The lowest BCUT2D eigenvalue weighted by atomic mass is 9.75. The van der Waals surface area contributed by atoms with Crippen LogP contribution in [-0.2, 0) is 5.41 Å². The second kappa shape index (κ2) is 8.55. The van der Waals surface area contributed by atoms with Gasteiger partial charge in [0.1, 0.15) is 11.5 Å². The molecule has 0 atom stereocenters. The SMILES string of the molecule is CC1(C)c2ccccc2Oc2ccc(-c3ccc4c(c3)c3cc(C#N)ccc3n4-c3cnc4ccccc4c3)cc21. The average Bonchev–Trinajstić information content (AvgIpc) is 3.33. The normalized spacial score (nSPS) is 13.5. The fraction of sp³-hybridized carbons (Fsp3) is 0.0811. The van der Waals surface area contributed by atoms with Gasteiger partial charge in [-0.05, 0) is 71.8 Å². The van der Waals surface area contributed by atoms with Crippen LogP contribution >= 0.6 is 0 Å². The Bertz CT molecular complexity index is 2230. The Labute approximate surface area is 237 Å². The highest BCUT2D eigenvalue weighted by molar-refractivity contribution is 6.11. The Morgan fingerprint density at radius 2 is 1.41 bits per heavy atom. The third kappa shape index (κ3) is 3.49. The van der Waals surface area contributed by atoms with E-state index in [-0.39, 0.29) is 5.41 Å². The smallest absolute Gasteiger partial charge is 0.131 e. The van der Waals surface area contributed by atoms with Crippen molar-refractivity contribution in [2.24, 2.45) is 0 Å². The first-order valence-corrected chi connectivity index (χ1v) is 13.8. The van der Waals surface area contributed by atoms with Gasteiger partial charge < -0.3 is 9.30 Å². The van der Waals surface area contributed by atoms with Crippen LogP contribution in [0.15, 0.2) is 115 Å². The molecule has 5 aromatic carbocycles. The van der Waals surface area contributed by atoms with Crippen LogP contribution in [0.3, 0.4) is 0 Å². The molecule has 0 aliphatic carbocycles. The number of nitrogens with zero attached hydrogens (tertiary/aromatic N) is 3. The van der Waals surface area contributed by atoms with Crippen molar-refractivity contribution in [1.82, 2.24) is 9.55 Å². The van der Waals surface area contributed by atoms with Crippen LogP contribution in [0.4, 0.5) is 0 Å². The van der Waals surface area contributed by atoms with Gasteiger partial charge >= 0.3 is 0 Å². The van der Waals surface area contributed by atoms with Crippen molar-refractivity contribution in [1.29, 1.82) is 5.26 Å². The number of nitriles is 1. The van der Waals surface area contributed by atoms with Gasteiger partial charge in [0.15, 0.2) is 0 Å². The predicted octanol–water partition coefficient (Wildman–Crippen LogP) is 9.30. The molecule has 2 aromatic heterocycles. The van der Waals surface area contributed by atoms with Crippen LogP contribution in [0.1, 0.15) is 30.5 Å². The van der Waals surface area contributed by atoms with Crippen molar-refractivity contribution in [3.8, 4) is 34.4 Å². The van der Waals surface area contributed by atoms with Crippen molar-refractivity contribution in [2.75, 3.05) is 0 Å². The quantitative estimate of drug-likeness (QED) is 0.225. The van der Waals surface area contributed by atoms with E-state index >= 15 is 0 Å². The van der Waals surface area contributed by atoms with Gasteiger partial charge in [0, 0.05) is 32.7 Å². The molecule has 4 nitrogen and oxygen atoms in total. The molecule has 0 unspecified atom stereocenters. The van der Waals surface area contributed by atoms with E-state index in [1.165, 1.54) is 11.1 Å². The van der Waals surface area contributed by atoms with Crippen LogP contribution in [0.5, 0.6) is 11.5 Å². The molecule has 0 spiro atoms. The molecule has 3 heterocycles. The maximum Gasteiger partial charge on any atom is 0.131 e. The first-order valence-electron chi connectivity index (χ1n) is 13.8. The van der Waals surface area contributed by atoms with Crippen molar-refractivity contribution < 1.29 is 4.74 Å². The number of ether oxygens (including phenoxy) is 1. The Morgan fingerprint density at radius 1 is 0.707 bits per heavy atom. The molecule has 0 radical (unpaired) electrons. The summed E-state index contributed by atoms with van der Waals surface area (Å²) in [5.74, 6) is 1.82. The number of hydrogen-bond acceptors (Lipinski definition) is 3. The second-order valence-corrected chi connectivity index (χ2v) is 11.2. The van der Waals surface area contributed by atoms with Gasteiger partial charge in [-0.15, -0.1) is 0 Å². The second-order valence-electron chi connectivity index (χ2n) is 11.2. The van der Waals surface area contributed by atoms with Gasteiger partial charge in [-0.1, -0.05) is 62.4 Å². The minimum Gasteiger partial charge on any atom is -0.457 e. The molecule has 1 aliphatic heterocycles. The summed E-state index contributed by atoms with van der Waals surface area (Å²) in [4.78, 5) is 4.74. The lowest BCUT2D eigenvalue weighted by molar-refractivity contribution is 0.418. The van der Waals surface area contributed by atoms with E-state index in [2.05, 4.69) is 85.1 Å². The summed E-state index contributed by atoms with van der Waals surface area (Å²) in [5, 5.41) is 12.9. The summed E-state index contributed by atoms with van der Waals surface area (Å²) < 4.78 is 8.55. The monoisotopic (exact) mass is 527 g/mol. The van der Waals surface area contributed by atoms with E-state index in [0.29, 0.717) is 5.56 Å². The van der Waals surface area contributed by atoms with E-state index in [0.717, 1.165) is 61.0 Å². The van der Waals surface area contributed by atoms with Crippen LogP contribution < -0.4 is 4.74 Å². The number of pyridine rings is 1. The highest BCUT2D eigenvalue weighted by Crippen LogP contribution is 2.49. The summed E-state index contributed by atoms with van der Waals surface area (Å²) in [6, 6.07) is 40.0. The summed E-state index contributed by atoms with van der Waals surface area (Å²) in [5.41, 5.74) is 9.15. The Morgan fingerprint density at radius 3 is 2.29 bits per heavy atom. The Balaban J connectivity index is 1.33. The number of benzene rings is 5. The maximum atomic E-state index is 9.70. The number of rotatable bonds is 2. The highest BCUT2D eigenvalue weighted by Gasteiger charge is 2.34. The fourth-order valence-corrected chi connectivity index (χ4v) is 6.35. The van der Waals surface area contributed by atoms with Crippen LogP contribution in [0.2, 0.25) is 0 Å². The molecule has 7 aromatic rings. The van der Waals surface area contributed by atoms with Gasteiger partial charge in [-0.2, -0.15) is 5.26 Å². The van der Waals surface area contributed by atoms with E-state index in [4.69, 9.17) is 9.72 Å². The largest absolute Gasteiger partial charge is 0.457 e. The highest BCUT2D eigenvalue weighted by atomic mass is 16.5. The summed E-state index contributed by atoms with van der Waals surface area (Å²) in [7, 11) is 0. The molecule has 0 N–H and O–H groups in total. The molecule has 0 fully saturated rings. The van der Waals surface area contributed by atoms with Crippen LogP contribution in [0, 0.1) is 11.3 Å². The minimum absolute atomic E-state index is 0.189.